The maximum absolute atomic E-state index is 11.3. The monoisotopic (exact) mass is 440 g/mol. The molecule has 1 aliphatic carbocycles. The van der Waals surface area contributed by atoms with Gasteiger partial charge in [0.25, 0.3) is 0 Å². The number of aliphatic carboxylic acids is 1. The van der Waals surface area contributed by atoms with Crippen LogP contribution in [0.1, 0.15) is 32.1 Å². The molecular weight excluding hydrogens is 412 g/mol. The van der Waals surface area contributed by atoms with E-state index >= 15 is 0 Å². The quantitative estimate of drug-likeness (QED) is 0.333. The number of benzene rings is 4. The van der Waals surface area contributed by atoms with Gasteiger partial charge in [0.15, 0.2) is 6.61 Å². The number of fused-ring (bicyclic) bond motifs is 2. The Labute approximate surface area is 193 Å². The van der Waals surface area contributed by atoms with Gasteiger partial charge in [-0.3, -0.25) is 0 Å². The molecule has 5 rings (SSSR count). The maximum atomic E-state index is 11.3. The second-order valence-electron chi connectivity index (χ2n) is 8.82. The van der Waals surface area contributed by atoms with E-state index in [2.05, 4.69) is 30.3 Å². The van der Waals surface area contributed by atoms with E-state index in [1.807, 2.05) is 42.5 Å². The van der Waals surface area contributed by atoms with Crippen molar-refractivity contribution in [1.82, 2.24) is 0 Å². The molecule has 4 nitrogen and oxygen atoms in total. The van der Waals surface area contributed by atoms with Crippen LogP contribution >= 0.6 is 0 Å². The third-order valence-electron chi connectivity index (χ3n) is 6.58. The molecule has 0 heterocycles. The van der Waals surface area contributed by atoms with E-state index in [9.17, 15) is 9.90 Å². The highest BCUT2D eigenvalue weighted by Crippen LogP contribution is 2.45. The molecular formula is C29H28O4. The zero-order chi connectivity index (χ0) is 22.6. The first-order valence-electron chi connectivity index (χ1n) is 11.7. The SMILES string of the molecule is O=C(O)COc1ccc2ccccc2c1-c1c(OCC2CCCCC2)ccc2ccccc12. The summed E-state index contributed by atoms with van der Waals surface area (Å²) >= 11 is 0. The third kappa shape index (κ3) is 4.51. The van der Waals surface area contributed by atoms with E-state index in [0.29, 0.717) is 18.3 Å². The van der Waals surface area contributed by atoms with Crippen molar-refractivity contribution in [2.24, 2.45) is 5.92 Å². The molecule has 168 valence electrons. The molecule has 0 aliphatic heterocycles. The number of rotatable bonds is 7. The minimum absolute atomic E-state index is 0.394. The van der Waals surface area contributed by atoms with Gasteiger partial charge < -0.3 is 14.6 Å². The summed E-state index contributed by atoms with van der Waals surface area (Å²) < 4.78 is 12.3. The molecule has 0 spiro atoms. The Morgan fingerprint density at radius 2 is 1.27 bits per heavy atom. The lowest BCUT2D eigenvalue weighted by atomic mass is 9.90. The van der Waals surface area contributed by atoms with Gasteiger partial charge in [-0.15, -0.1) is 0 Å². The van der Waals surface area contributed by atoms with Gasteiger partial charge in [-0.1, -0.05) is 79.9 Å². The zero-order valence-corrected chi connectivity index (χ0v) is 18.6. The zero-order valence-electron chi connectivity index (χ0n) is 18.6. The van der Waals surface area contributed by atoms with E-state index in [1.165, 1.54) is 32.1 Å². The Morgan fingerprint density at radius 1 is 0.727 bits per heavy atom. The lowest BCUT2D eigenvalue weighted by Gasteiger charge is -2.24. The summed E-state index contributed by atoms with van der Waals surface area (Å²) in [5, 5.41) is 13.5. The average molecular weight is 441 g/mol. The van der Waals surface area contributed by atoms with Crippen molar-refractivity contribution >= 4 is 27.5 Å². The van der Waals surface area contributed by atoms with Crippen LogP contribution in [-0.4, -0.2) is 24.3 Å². The topological polar surface area (TPSA) is 55.8 Å². The van der Waals surface area contributed by atoms with Gasteiger partial charge in [0, 0.05) is 11.1 Å². The molecule has 0 saturated heterocycles. The van der Waals surface area contributed by atoms with Crippen LogP contribution in [0.4, 0.5) is 0 Å². The van der Waals surface area contributed by atoms with Crippen LogP contribution in [0.2, 0.25) is 0 Å². The van der Waals surface area contributed by atoms with Crippen molar-refractivity contribution in [1.29, 1.82) is 0 Å². The predicted molar refractivity (Wildman–Crippen MR) is 132 cm³/mol. The highest BCUT2D eigenvalue weighted by Gasteiger charge is 2.21. The molecule has 0 atom stereocenters. The minimum Gasteiger partial charge on any atom is -0.493 e. The highest BCUT2D eigenvalue weighted by molar-refractivity contribution is 6.09. The van der Waals surface area contributed by atoms with Crippen molar-refractivity contribution in [2.75, 3.05) is 13.2 Å². The van der Waals surface area contributed by atoms with Crippen LogP contribution in [0.25, 0.3) is 32.7 Å². The molecule has 1 aliphatic rings. The Kier molecular flexibility index (Phi) is 6.16. The minimum atomic E-state index is -0.999. The van der Waals surface area contributed by atoms with Crippen LogP contribution in [-0.2, 0) is 4.79 Å². The van der Waals surface area contributed by atoms with E-state index in [0.717, 1.165) is 38.4 Å². The van der Waals surface area contributed by atoms with Gasteiger partial charge in [0.05, 0.1) is 6.61 Å². The molecule has 1 saturated carbocycles. The van der Waals surface area contributed by atoms with Crippen LogP contribution < -0.4 is 9.47 Å². The van der Waals surface area contributed by atoms with E-state index < -0.39 is 12.6 Å². The summed E-state index contributed by atoms with van der Waals surface area (Å²) in [5.41, 5.74) is 1.84. The van der Waals surface area contributed by atoms with Gasteiger partial charge in [0.1, 0.15) is 11.5 Å². The molecule has 0 bridgehead atoms. The Balaban J connectivity index is 1.69. The van der Waals surface area contributed by atoms with Gasteiger partial charge >= 0.3 is 5.97 Å². The molecule has 0 unspecified atom stereocenters. The summed E-state index contributed by atoms with van der Waals surface area (Å²) in [6.45, 7) is 0.301. The second-order valence-corrected chi connectivity index (χ2v) is 8.82. The standard InChI is InChI=1S/C29H28O4/c30-27(31)19-33-26-17-15-22-11-5-7-13-24(22)29(26)28-23-12-6-4-10-21(23)14-16-25(28)32-18-20-8-2-1-3-9-20/h4-7,10-17,20H,1-3,8-9,18-19H2,(H,30,31). The largest absolute Gasteiger partial charge is 0.493 e. The van der Waals surface area contributed by atoms with Crippen molar-refractivity contribution in [3.63, 3.8) is 0 Å². The molecule has 4 aromatic carbocycles. The second kappa shape index (κ2) is 9.53. The molecule has 0 aromatic heterocycles. The first kappa shape index (κ1) is 21.3. The Hall–Kier alpha value is -3.53. The van der Waals surface area contributed by atoms with Crippen molar-refractivity contribution in [3.05, 3.63) is 72.8 Å². The summed E-state index contributed by atoms with van der Waals surface area (Å²) in [5.74, 6) is 0.944. The summed E-state index contributed by atoms with van der Waals surface area (Å²) in [7, 11) is 0. The van der Waals surface area contributed by atoms with Gasteiger partial charge in [-0.2, -0.15) is 0 Å². The Morgan fingerprint density at radius 3 is 1.85 bits per heavy atom. The van der Waals surface area contributed by atoms with Gasteiger partial charge in [-0.05, 0) is 52.4 Å². The normalized spacial score (nSPS) is 14.4. The van der Waals surface area contributed by atoms with E-state index in [4.69, 9.17) is 9.47 Å². The molecule has 0 amide bonds. The fourth-order valence-corrected chi connectivity index (χ4v) is 4.96. The first-order valence-corrected chi connectivity index (χ1v) is 11.7. The van der Waals surface area contributed by atoms with Gasteiger partial charge in [-0.25, -0.2) is 4.79 Å². The molecule has 1 fully saturated rings. The molecule has 0 radical (unpaired) electrons. The van der Waals surface area contributed by atoms with Gasteiger partial charge in [0.2, 0.25) is 0 Å². The molecule has 33 heavy (non-hydrogen) atoms. The van der Waals surface area contributed by atoms with Crippen LogP contribution in [0.5, 0.6) is 11.5 Å². The van der Waals surface area contributed by atoms with Crippen LogP contribution in [0.3, 0.4) is 0 Å². The van der Waals surface area contributed by atoms with Crippen molar-refractivity contribution in [3.8, 4) is 22.6 Å². The van der Waals surface area contributed by atoms with E-state index in [1.54, 1.807) is 0 Å². The smallest absolute Gasteiger partial charge is 0.341 e. The Bertz CT molecular complexity index is 1290. The van der Waals surface area contributed by atoms with Crippen molar-refractivity contribution < 1.29 is 19.4 Å². The number of ether oxygens (including phenoxy) is 2. The van der Waals surface area contributed by atoms with E-state index in [-0.39, 0.29) is 0 Å². The molecule has 1 N–H and O–H groups in total. The number of carbonyl (C=O) groups is 1. The lowest BCUT2D eigenvalue weighted by molar-refractivity contribution is -0.139. The molecule has 4 aromatic rings. The van der Waals surface area contributed by atoms with Crippen LogP contribution in [0, 0.1) is 5.92 Å². The third-order valence-corrected chi connectivity index (χ3v) is 6.58. The maximum Gasteiger partial charge on any atom is 0.341 e. The summed E-state index contributed by atoms with van der Waals surface area (Å²) in [6, 6.07) is 24.4. The summed E-state index contributed by atoms with van der Waals surface area (Å²) in [4.78, 5) is 11.3. The first-order chi connectivity index (χ1) is 16.2. The number of hydrogen-bond acceptors (Lipinski definition) is 3. The average Bonchev–Trinajstić information content (AvgIpc) is 2.86. The highest BCUT2D eigenvalue weighted by atomic mass is 16.5. The predicted octanol–water partition coefficient (Wildman–Crippen LogP) is 7.08. The fraction of sp³-hybridized carbons (Fsp3) is 0.276. The number of carboxylic acids is 1. The van der Waals surface area contributed by atoms with Crippen molar-refractivity contribution in [2.45, 2.75) is 32.1 Å². The van der Waals surface area contributed by atoms with Crippen LogP contribution in [0.15, 0.2) is 72.8 Å². The summed E-state index contributed by atoms with van der Waals surface area (Å²) in [6.07, 6.45) is 6.29. The molecule has 4 heteroatoms. The number of carboxylic acid groups (broad SMARTS) is 1. The fourth-order valence-electron chi connectivity index (χ4n) is 4.96. The lowest BCUT2D eigenvalue weighted by Crippen LogP contribution is -2.15. The number of hydrogen-bond donors (Lipinski definition) is 1.